The second kappa shape index (κ2) is 7.06. The van der Waals surface area contributed by atoms with Gasteiger partial charge in [-0.2, -0.15) is 13.2 Å². The summed E-state index contributed by atoms with van der Waals surface area (Å²) in [5.41, 5.74) is 0.430. The number of alkyl halides is 3. The van der Waals surface area contributed by atoms with Gasteiger partial charge in [0, 0.05) is 0 Å². The highest BCUT2D eigenvalue weighted by molar-refractivity contribution is 5.81. The molecule has 4 rings (SSSR count). The van der Waals surface area contributed by atoms with Gasteiger partial charge in [-0.05, 0) is 24.3 Å². The number of imidazole rings is 1. The second-order valence-corrected chi connectivity index (χ2v) is 6.31. The molecule has 1 amide bonds. The van der Waals surface area contributed by atoms with Crippen molar-refractivity contribution in [1.82, 2.24) is 14.9 Å². The highest BCUT2D eigenvalue weighted by atomic mass is 19.4. The number of hydrogen-bond donors (Lipinski definition) is 1. The third kappa shape index (κ3) is 3.60. The van der Waals surface area contributed by atoms with E-state index in [1.165, 1.54) is 12.1 Å². The molecule has 146 valence electrons. The van der Waals surface area contributed by atoms with Crippen LogP contribution in [-0.2, 0) is 17.5 Å². The second-order valence-electron chi connectivity index (χ2n) is 6.31. The Hall–Kier alpha value is -3.23. The molecule has 0 spiro atoms. The summed E-state index contributed by atoms with van der Waals surface area (Å²) in [5.74, 6) is -0.496. The Morgan fingerprint density at radius 2 is 1.86 bits per heavy atom. The normalized spacial score (nSPS) is 16.2. The molecular weight excluding hydrogens is 375 g/mol. The number of fused-ring (bicyclic) bond motifs is 2. The van der Waals surface area contributed by atoms with Crippen molar-refractivity contribution in [2.24, 2.45) is 0 Å². The lowest BCUT2D eigenvalue weighted by atomic mass is 10.2. The maximum absolute atomic E-state index is 13.3. The molecule has 0 fully saturated rings. The number of carbonyl (C=O) groups is 1. The number of benzene rings is 2. The first-order valence-corrected chi connectivity index (χ1v) is 8.59. The summed E-state index contributed by atoms with van der Waals surface area (Å²) in [4.78, 5) is 15.9. The number of para-hydroxylation sites is 4. The number of ether oxygens (including phenoxy) is 2. The number of amides is 1. The van der Waals surface area contributed by atoms with Gasteiger partial charge in [0.15, 0.2) is 11.5 Å². The minimum atomic E-state index is -4.66. The van der Waals surface area contributed by atoms with E-state index >= 15 is 0 Å². The smallest absolute Gasteiger partial charge is 0.449 e. The van der Waals surface area contributed by atoms with Crippen LogP contribution in [0.4, 0.5) is 13.2 Å². The summed E-state index contributed by atoms with van der Waals surface area (Å²) in [7, 11) is 0. The number of rotatable bonds is 4. The van der Waals surface area contributed by atoms with Crippen LogP contribution in [0.25, 0.3) is 11.0 Å². The zero-order valence-corrected chi connectivity index (χ0v) is 14.6. The van der Waals surface area contributed by atoms with E-state index in [0.29, 0.717) is 11.5 Å². The minimum absolute atomic E-state index is 0.112. The zero-order chi connectivity index (χ0) is 19.7. The van der Waals surface area contributed by atoms with Gasteiger partial charge in [0.05, 0.1) is 17.6 Å². The molecule has 2 aromatic carbocycles. The molecule has 1 N–H and O–H groups in total. The topological polar surface area (TPSA) is 65.4 Å². The average molecular weight is 391 g/mol. The van der Waals surface area contributed by atoms with Gasteiger partial charge >= 0.3 is 6.18 Å². The summed E-state index contributed by atoms with van der Waals surface area (Å²) in [6, 6.07) is 13.3. The Balaban J connectivity index is 1.45. The summed E-state index contributed by atoms with van der Waals surface area (Å²) in [5, 5.41) is 2.60. The van der Waals surface area contributed by atoms with Crippen LogP contribution in [0.1, 0.15) is 5.82 Å². The van der Waals surface area contributed by atoms with Crippen molar-refractivity contribution in [3.05, 3.63) is 54.4 Å². The van der Waals surface area contributed by atoms with Gasteiger partial charge in [0.2, 0.25) is 11.7 Å². The number of carbonyl (C=O) groups excluding carboxylic acids is 1. The predicted molar refractivity (Wildman–Crippen MR) is 94.1 cm³/mol. The fourth-order valence-electron chi connectivity index (χ4n) is 3.04. The molecule has 1 atom stereocenters. The van der Waals surface area contributed by atoms with Crippen molar-refractivity contribution in [3.63, 3.8) is 0 Å². The Bertz CT molecular complexity index is 1020. The molecule has 1 aliphatic heterocycles. The maximum atomic E-state index is 13.3. The standard InChI is InChI=1S/C19H16F3N3O3/c20-19(21,22)18-24-13-5-1-2-6-14(13)25(18)10-17(26)23-9-12-11-27-15-7-3-4-8-16(15)28-12/h1-8,12H,9-11H2,(H,23,26)/t12-/m0/s1. The van der Waals surface area contributed by atoms with Crippen molar-refractivity contribution in [3.8, 4) is 11.5 Å². The van der Waals surface area contributed by atoms with Crippen LogP contribution in [0.3, 0.4) is 0 Å². The predicted octanol–water partition coefficient (Wildman–Crippen LogP) is 3.01. The number of aromatic nitrogens is 2. The van der Waals surface area contributed by atoms with Gasteiger partial charge in [-0.1, -0.05) is 24.3 Å². The Morgan fingerprint density at radius 3 is 2.64 bits per heavy atom. The minimum Gasteiger partial charge on any atom is -0.486 e. The molecular formula is C19H16F3N3O3. The van der Waals surface area contributed by atoms with Crippen molar-refractivity contribution in [2.75, 3.05) is 13.2 Å². The van der Waals surface area contributed by atoms with E-state index in [4.69, 9.17) is 9.47 Å². The zero-order valence-electron chi connectivity index (χ0n) is 14.6. The van der Waals surface area contributed by atoms with Crippen molar-refractivity contribution < 1.29 is 27.4 Å². The molecule has 0 unspecified atom stereocenters. The Kier molecular flexibility index (Phi) is 4.58. The molecule has 0 radical (unpaired) electrons. The van der Waals surface area contributed by atoms with Crippen LogP contribution in [0, 0.1) is 0 Å². The van der Waals surface area contributed by atoms with E-state index < -0.39 is 30.6 Å². The molecule has 2 heterocycles. The Labute approximate surface area is 157 Å². The van der Waals surface area contributed by atoms with Crippen LogP contribution in [-0.4, -0.2) is 34.7 Å². The number of nitrogens with one attached hydrogen (secondary N) is 1. The Morgan fingerprint density at radius 1 is 1.14 bits per heavy atom. The monoisotopic (exact) mass is 391 g/mol. The molecule has 1 aromatic heterocycles. The molecule has 1 aliphatic rings. The highest BCUT2D eigenvalue weighted by Gasteiger charge is 2.38. The van der Waals surface area contributed by atoms with Gasteiger partial charge in [0.25, 0.3) is 0 Å². The molecule has 0 saturated heterocycles. The molecule has 0 aliphatic carbocycles. The number of halogens is 3. The number of nitrogens with zero attached hydrogens (tertiary/aromatic N) is 2. The van der Waals surface area contributed by atoms with E-state index in [1.54, 1.807) is 30.3 Å². The first-order valence-electron chi connectivity index (χ1n) is 8.59. The molecule has 3 aromatic rings. The van der Waals surface area contributed by atoms with E-state index in [2.05, 4.69) is 10.3 Å². The maximum Gasteiger partial charge on any atom is 0.449 e. The average Bonchev–Trinajstić information content (AvgIpc) is 3.05. The van der Waals surface area contributed by atoms with Crippen LogP contribution in [0.15, 0.2) is 48.5 Å². The van der Waals surface area contributed by atoms with Crippen LogP contribution >= 0.6 is 0 Å². The van der Waals surface area contributed by atoms with Crippen LogP contribution in [0.2, 0.25) is 0 Å². The van der Waals surface area contributed by atoms with Crippen LogP contribution in [0.5, 0.6) is 11.5 Å². The third-order valence-electron chi connectivity index (χ3n) is 4.30. The van der Waals surface area contributed by atoms with Gasteiger partial charge in [0.1, 0.15) is 19.3 Å². The largest absolute Gasteiger partial charge is 0.486 e. The van der Waals surface area contributed by atoms with E-state index in [9.17, 15) is 18.0 Å². The highest BCUT2D eigenvalue weighted by Crippen LogP contribution is 2.32. The lowest BCUT2D eigenvalue weighted by molar-refractivity contribution is -0.147. The van der Waals surface area contributed by atoms with E-state index in [1.807, 2.05) is 6.07 Å². The van der Waals surface area contributed by atoms with E-state index in [0.717, 1.165) is 4.57 Å². The molecule has 28 heavy (non-hydrogen) atoms. The third-order valence-corrected chi connectivity index (χ3v) is 4.30. The van der Waals surface area contributed by atoms with Gasteiger partial charge in [-0.25, -0.2) is 4.98 Å². The first-order chi connectivity index (χ1) is 13.4. The summed E-state index contributed by atoms with van der Waals surface area (Å²) in [6.07, 6.45) is -5.09. The van der Waals surface area contributed by atoms with Crippen molar-refractivity contribution in [2.45, 2.75) is 18.8 Å². The SMILES string of the molecule is O=C(Cn1c(C(F)(F)F)nc2ccccc21)NC[C@H]1COc2ccccc2O1. The summed E-state index contributed by atoms with van der Waals surface area (Å²) in [6.45, 7) is -0.153. The lowest BCUT2D eigenvalue weighted by Crippen LogP contribution is -2.41. The summed E-state index contributed by atoms with van der Waals surface area (Å²) < 4.78 is 52.1. The number of hydrogen-bond acceptors (Lipinski definition) is 4. The fourth-order valence-corrected chi connectivity index (χ4v) is 3.04. The van der Waals surface area contributed by atoms with Gasteiger partial charge in [-0.3, -0.25) is 4.79 Å². The molecule has 0 saturated carbocycles. The lowest BCUT2D eigenvalue weighted by Gasteiger charge is -2.26. The molecule has 0 bridgehead atoms. The van der Waals surface area contributed by atoms with Gasteiger partial charge in [-0.15, -0.1) is 0 Å². The van der Waals surface area contributed by atoms with E-state index in [-0.39, 0.29) is 24.2 Å². The van der Waals surface area contributed by atoms with Crippen LogP contribution < -0.4 is 14.8 Å². The van der Waals surface area contributed by atoms with Gasteiger partial charge < -0.3 is 19.4 Å². The molecule has 6 nitrogen and oxygen atoms in total. The fraction of sp³-hybridized carbons (Fsp3) is 0.263. The first kappa shape index (κ1) is 18.1. The summed E-state index contributed by atoms with van der Waals surface area (Å²) >= 11 is 0. The van der Waals surface area contributed by atoms with Crippen molar-refractivity contribution >= 4 is 16.9 Å². The van der Waals surface area contributed by atoms with Crippen molar-refractivity contribution in [1.29, 1.82) is 0 Å². The quantitative estimate of drug-likeness (QED) is 0.743. The molecule has 9 heteroatoms.